The molecule has 0 aliphatic carbocycles. The van der Waals surface area contributed by atoms with Crippen LogP contribution in [0.15, 0.2) is 0 Å². The lowest BCUT2D eigenvalue weighted by Crippen LogP contribution is -2.29. The molecule has 1 N–H and O–H groups in total. The third kappa shape index (κ3) is 0.940. The normalized spacial score (nSPS) is 19.2. The Bertz CT molecular complexity index is 12.9. The smallest absolute Gasteiger partial charge is 0 e. The van der Waals surface area contributed by atoms with Gasteiger partial charge in [0.15, 0.2) is 0 Å². The van der Waals surface area contributed by atoms with Crippen molar-refractivity contribution in [2.24, 2.45) is 0 Å². The third-order valence-corrected chi connectivity index (χ3v) is 0.707. The molecule has 0 atom stereocenters. The van der Waals surface area contributed by atoms with Crippen molar-refractivity contribution in [3.63, 3.8) is 0 Å². The predicted molar refractivity (Wildman–Crippen MR) is 19.6 cm³/mol. The van der Waals surface area contributed by atoms with Gasteiger partial charge in [0.2, 0.25) is 0 Å². The minimum absolute atomic E-state index is 0. The van der Waals surface area contributed by atoms with E-state index in [-0.39, 0.29) is 6.15 Å². The van der Waals surface area contributed by atoms with Crippen LogP contribution in [0, 0.1) is 0 Å². The maximum atomic E-state index is 3.11. The maximum absolute atomic E-state index is 3.11. The lowest BCUT2D eigenvalue weighted by molar-refractivity contribution is 0.527. The fraction of sp³-hybridized carbons (Fsp3) is 1.00. The van der Waals surface area contributed by atoms with Gasteiger partial charge in [-0.3, -0.25) is 0 Å². The average Bonchev–Trinajstić information content (AvgIpc) is 0.722. The van der Waals surface area contributed by atoms with Crippen LogP contribution in [0.1, 0.15) is 6.42 Å². The Morgan fingerprint density at radius 3 is 1.40 bits per heavy atom. The lowest BCUT2D eigenvalue weighted by Gasteiger charge is -2.09. The quantitative estimate of drug-likeness (QED) is 0.411. The summed E-state index contributed by atoms with van der Waals surface area (Å²) in [6, 6.07) is 0. The molecule has 1 fully saturated rings. The Labute approximate surface area is 32.1 Å². The molecule has 0 saturated carbocycles. The number of nitrogens with one attached hydrogen (secondary N) is 1. The summed E-state index contributed by atoms with van der Waals surface area (Å²) >= 11 is 0. The minimum atomic E-state index is 0. The molecule has 0 amide bonds. The van der Waals surface area contributed by atoms with Crippen LogP contribution in [0.3, 0.4) is 0 Å². The first-order valence-electron chi connectivity index (χ1n) is 1.71. The molecule has 3 radical (unpaired) electrons. The van der Waals surface area contributed by atoms with Gasteiger partial charge in [0.1, 0.15) is 0 Å². The van der Waals surface area contributed by atoms with Crippen LogP contribution in [0.4, 0.5) is 0 Å². The van der Waals surface area contributed by atoms with E-state index in [2.05, 4.69) is 5.32 Å². The molecule has 1 rings (SSSR count). The summed E-state index contributed by atoms with van der Waals surface area (Å²) < 4.78 is 0. The van der Waals surface area contributed by atoms with Crippen LogP contribution >= 0.6 is 0 Å². The molecule has 2 heteroatoms. The van der Waals surface area contributed by atoms with Gasteiger partial charge in [-0.05, 0) is 19.5 Å². The molecular weight excluding hydrogens is 64.0 g/mol. The average molecular weight is 71.1 g/mol. The molecule has 0 spiro atoms. The van der Waals surface area contributed by atoms with Gasteiger partial charge in [-0.2, -0.15) is 0 Å². The van der Waals surface area contributed by atoms with Crippen LogP contribution in [-0.2, 0) is 0 Å². The number of nitrogens with zero attached hydrogens (tertiary/aromatic N) is 1. The van der Waals surface area contributed by atoms with Crippen molar-refractivity contribution in [2.45, 2.75) is 6.42 Å². The van der Waals surface area contributed by atoms with Crippen molar-refractivity contribution in [3.8, 4) is 0 Å². The molecule has 1 aliphatic rings. The van der Waals surface area contributed by atoms with E-state index in [1.54, 1.807) is 0 Å². The highest BCUT2D eigenvalue weighted by molar-refractivity contribution is 4.56. The first kappa shape index (κ1) is 4.92. The van der Waals surface area contributed by atoms with Crippen molar-refractivity contribution in [1.82, 2.24) is 11.5 Å². The summed E-state index contributed by atoms with van der Waals surface area (Å²) in [6.07, 6.45) is 1.39. The molecule has 0 bridgehead atoms. The third-order valence-electron chi connectivity index (χ3n) is 0.707. The van der Waals surface area contributed by atoms with Crippen LogP contribution in [-0.4, -0.2) is 13.1 Å². The molecule has 0 aromatic rings. The minimum Gasteiger partial charge on any atom is -0.317 e. The summed E-state index contributed by atoms with van der Waals surface area (Å²) in [4.78, 5) is 0. The van der Waals surface area contributed by atoms with E-state index in [4.69, 9.17) is 0 Å². The zero-order valence-electron chi connectivity index (χ0n) is 3.07. The molecule has 1 saturated heterocycles. The molecule has 0 aromatic heterocycles. The SMILES string of the molecule is C1CNC1.[N]. The molecule has 29 valence electrons. The van der Waals surface area contributed by atoms with E-state index < -0.39 is 0 Å². The largest absolute Gasteiger partial charge is 0.317 e. The zero-order valence-corrected chi connectivity index (χ0v) is 3.07. The molecule has 0 unspecified atom stereocenters. The first-order valence-corrected chi connectivity index (χ1v) is 1.71. The van der Waals surface area contributed by atoms with Gasteiger partial charge in [-0.15, -0.1) is 0 Å². The van der Waals surface area contributed by atoms with Gasteiger partial charge < -0.3 is 5.32 Å². The second-order valence-corrected chi connectivity index (χ2v) is 1.10. The van der Waals surface area contributed by atoms with Crippen molar-refractivity contribution >= 4 is 0 Å². The zero-order chi connectivity index (χ0) is 2.83. The van der Waals surface area contributed by atoms with Gasteiger partial charge in [-0.25, -0.2) is 0 Å². The van der Waals surface area contributed by atoms with Crippen LogP contribution < -0.4 is 11.5 Å². The fourth-order valence-electron chi connectivity index (χ4n) is 0.177. The van der Waals surface area contributed by atoms with Crippen molar-refractivity contribution in [1.29, 1.82) is 0 Å². The Morgan fingerprint density at radius 1 is 1.20 bits per heavy atom. The molecule has 0 aromatic carbocycles. The molecular formula is C3H7N2. The van der Waals surface area contributed by atoms with Crippen LogP contribution in [0.2, 0.25) is 0 Å². The van der Waals surface area contributed by atoms with Gasteiger partial charge in [0, 0.05) is 6.15 Å². The van der Waals surface area contributed by atoms with Crippen LogP contribution in [0.25, 0.3) is 0 Å². The van der Waals surface area contributed by atoms with Gasteiger partial charge >= 0.3 is 0 Å². The first-order chi connectivity index (χ1) is 2.00. The summed E-state index contributed by atoms with van der Waals surface area (Å²) in [5.74, 6) is 0. The number of hydrogen-bond donors (Lipinski definition) is 1. The Morgan fingerprint density at radius 2 is 1.40 bits per heavy atom. The number of hydrogen-bond acceptors (Lipinski definition) is 1. The molecule has 2 nitrogen and oxygen atoms in total. The van der Waals surface area contributed by atoms with Gasteiger partial charge in [0.05, 0.1) is 0 Å². The second-order valence-electron chi connectivity index (χ2n) is 1.10. The van der Waals surface area contributed by atoms with Crippen molar-refractivity contribution < 1.29 is 0 Å². The second kappa shape index (κ2) is 2.18. The molecule has 5 heavy (non-hydrogen) atoms. The maximum Gasteiger partial charge on any atom is 0 e. The highest BCUT2D eigenvalue weighted by Gasteiger charge is 1.92. The summed E-state index contributed by atoms with van der Waals surface area (Å²) in [7, 11) is 0. The lowest BCUT2D eigenvalue weighted by atomic mass is 10.3. The molecule has 1 heterocycles. The summed E-state index contributed by atoms with van der Waals surface area (Å²) in [6.45, 7) is 2.50. The highest BCUT2D eigenvalue weighted by Crippen LogP contribution is 1.80. The van der Waals surface area contributed by atoms with Crippen LogP contribution in [0.5, 0.6) is 0 Å². The predicted octanol–water partition coefficient (Wildman–Crippen LogP) is -0.501. The summed E-state index contributed by atoms with van der Waals surface area (Å²) in [5, 5.41) is 3.11. The fourth-order valence-corrected chi connectivity index (χ4v) is 0.177. The highest BCUT2D eigenvalue weighted by atomic mass is 14.9. The van der Waals surface area contributed by atoms with Crippen molar-refractivity contribution in [2.75, 3.05) is 13.1 Å². The number of rotatable bonds is 0. The van der Waals surface area contributed by atoms with E-state index in [9.17, 15) is 0 Å². The molecule has 1 aliphatic heterocycles. The van der Waals surface area contributed by atoms with Gasteiger partial charge in [-0.1, -0.05) is 0 Å². The van der Waals surface area contributed by atoms with E-state index in [0.29, 0.717) is 0 Å². The van der Waals surface area contributed by atoms with E-state index in [1.165, 1.54) is 19.5 Å². The monoisotopic (exact) mass is 71.1 g/mol. The topological polar surface area (TPSA) is 42.5 Å². The van der Waals surface area contributed by atoms with E-state index in [0.717, 1.165) is 0 Å². The van der Waals surface area contributed by atoms with Crippen molar-refractivity contribution in [3.05, 3.63) is 0 Å². The van der Waals surface area contributed by atoms with E-state index in [1.807, 2.05) is 0 Å². The summed E-state index contributed by atoms with van der Waals surface area (Å²) in [5.41, 5.74) is 0. The Kier molecular flexibility index (Phi) is 2.14. The Balaban J connectivity index is 0.000000160. The standard InChI is InChI=1S/C3H7N.N/c1-2-4-3-1;/h4H,1-3H2;. The van der Waals surface area contributed by atoms with E-state index >= 15 is 0 Å². The van der Waals surface area contributed by atoms with Gasteiger partial charge in [0.25, 0.3) is 0 Å². The Hall–Kier alpha value is -0.0800.